The average Bonchev–Trinajstić information content (AvgIpc) is 1.88. The van der Waals surface area contributed by atoms with Crippen molar-refractivity contribution in [1.29, 1.82) is 0 Å². The van der Waals surface area contributed by atoms with Crippen molar-refractivity contribution >= 4 is 0 Å². The summed E-state index contributed by atoms with van der Waals surface area (Å²) < 4.78 is 0. The maximum Gasteiger partial charge on any atom is 0.00818 e. The Bertz CT molecular complexity index is 101. The second-order valence-electron chi connectivity index (χ2n) is 3.47. The molecule has 0 aromatic rings. The molecule has 0 heterocycles. The van der Waals surface area contributed by atoms with Crippen LogP contribution in [-0.4, -0.2) is 12.1 Å². The second kappa shape index (κ2) is 3.35. The van der Waals surface area contributed by atoms with Crippen LogP contribution in [0.4, 0.5) is 0 Å². The molecule has 0 spiro atoms. The van der Waals surface area contributed by atoms with Gasteiger partial charge < -0.3 is 11.5 Å². The molecule has 2 nitrogen and oxygen atoms in total. The highest BCUT2D eigenvalue weighted by Gasteiger charge is 2.24. The Labute approximate surface area is 63.0 Å². The summed E-state index contributed by atoms with van der Waals surface area (Å²) in [6.45, 7) is 2.07. The molecule has 1 fully saturated rings. The van der Waals surface area contributed by atoms with Crippen molar-refractivity contribution in [2.45, 2.75) is 44.7 Å². The van der Waals surface area contributed by atoms with Crippen LogP contribution >= 0.6 is 0 Å². The van der Waals surface area contributed by atoms with Gasteiger partial charge in [-0.1, -0.05) is 12.8 Å². The SMILES string of the molecule is C[C@@H](N)C1CCCCC1N. The summed E-state index contributed by atoms with van der Waals surface area (Å²) >= 11 is 0. The van der Waals surface area contributed by atoms with E-state index in [-0.39, 0.29) is 6.04 Å². The number of hydrogen-bond donors (Lipinski definition) is 2. The molecule has 0 radical (unpaired) electrons. The molecule has 1 aliphatic rings. The minimum atomic E-state index is 0.287. The van der Waals surface area contributed by atoms with Crippen molar-refractivity contribution in [1.82, 2.24) is 0 Å². The molecule has 1 rings (SSSR count). The molecule has 0 amide bonds. The smallest absolute Gasteiger partial charge is 0.00818 e. The van der Waals surface area contributed by atoms with Gasteiger partial charge in [-0.2, -0.15) is 0 Å². The van der Waals surface area contributed by atoms with Gasteiger partial charge in [-0.25, -0.2) is 0 Å². The van der Waals surface area contributed by atoms with Gasteiger partial charge in [0, 0.05) is 12.1 Å². The molecule has 60 valence electrons. The largest absolute Gasteiger partial charge is 0.328 e. The van der Waals surface area contributed by atoms with Crippen molar-refractivity contribution in [3.63, 3.8) is 0 Å². The lowest BCUT2D eigenvalue weighted by molar-refractivity contribution is 0.273. The minimum absolute atomic E-state index is 0.287. The monoisotopic (exact) mass is 142 g/mol. The number of hydrogen-bond acceptors (Lipinski definition) is 2. The molecule has 0 saturated heterocycles. The van der Waals surface area contributed by atoms with E-state index in [0.717, 1.165) is 0 Å². The fraction of sp³-hybridized carbons (Fsp3) is 1.00. The van der Waals surface area contributed by atoms with Crippen molar-refractivity contribution in [2.75, 3.05) is 0 Å². The summed E-state index contributed by atoms with van der Waals surface area (Å²) in [7, 11) is 0. The Hall–Kier alpha value is -0.0800. The van der Waals surface area contributed by atoms with Gasteiger partial charge in [0.2, 0.25) is 0 Å². The molecule has 3 atom stereocenters. The number of nitrogens with two attached hydrogens (primary N) is 2. The fourth-order valence-corrected chi connectivity index (χ4v) is 1.84. The summed E-state index contributed by atoms with van der Waals surface area (Å²) in [5.41, 5.74) is 11.7. The zero-order valence-corrected chi connectivity index (χ0v) is 6.72. The van der Waals surface area contributed by atoms with E-state index in [0.29, 0.717) is 12.0 Å². The van der Waals surface area contributed by atoms with Gasteiger partial charge in [-0.3, -0.25) is 0 Å². The zero-order chi connectivity index (χ0) is 7.56. The lowest BCUT2D eigenvalue weighted by atomic mass is 9.81. The summed E-state index contributed by atoms with van der Waals surface area (Å²) in [6.07, 6.45) is 5.02. The quantitative estimate of drug-likeness (QED) is 0.570. The van der Waals surface area contributed by atoms with E-state index in [4.69, 9.17) is 11.5 Å². The van der Waals surface area contributed by atoms with Gasteiger partial charge in [0.25, 0.3) is 0 Å². The Kier molecular flexibility index (Phi) is 2.69. The first-order valence-electron chi connectivity index (χ1n) is 4.23. The van der Waals surface area contributed by atoms with Gasteiger partial charge >= 0.3 is 0 Å². The Morgan fingerprint density at radius 2 is 1.90 bits per heavy atom. The molecule has 0 aliphatic heterocycles. The van der Waals surface area contributed by atoms with E-state index in [1.54, 1.807) is 0 Å². The van der Waals surface area contributed by atoms with E-state index < -0.39 is 0 Å². The molecule has 2 heteroatoms. The van der Waals surface area contributed by atoms with Crippen LogP contribution in [0.3, 0.4) is 0 Å². The van der Waals surface area contributed by atoms with E-state index >= 15 is 0 Å². The van der Waals surface area contributed by atoms with E-state index in [1.807, 2.05) is 0 Å². The van der Waals surface area contributed by atoms with Crippen molar-refractivity contribution < 1.29 is 0 Å². The predicted molar refractivity (Wildman–Crippen MR) is 43.6 cm³/mol. The van der Waals surface area contributed by atoms with Crippen molar-refractivity contribution in [3.05, 3.63) is 0 Å². The van der Waals surface area contributed by atoms with Crippen molar-refractivity contribution in [2.24, 2.45) is 17.4 Å². The lowest BCUT2D eigenvalue weighted by Crippen LogP contribution is -2.42. The first kappa shape index (κ1) is 8.02. The third-order valence-corrected chi connectivity index (χ3v) is 2.55. The molecule has 4 N–H and O–H groups in total. The first-order chi connectivity index (χ1) is 4.72. The average molecular weight is 142 g/mol. The van der Waals surface area contributed by atoms with Crippen LogP contribution in [0.2, 0.25) is 0 Å². The van der Waals surface area contributed by atoms with Crippen molar-refractivity contribution in [3.8, 4) is 0 Å². The Morgan fingerprint density at radius 1 is 1.30 bits per heavy atom. The van der Waals surface area contributed by atoms with Gasteiger partial charge in [-0.05, 0) is 25.7 Å². The number of rotatable bonds is 1. The molecule has 2 unspecified atom stereocenters. The molecule has 0 bridgehead atoms. The standard InChI is InChI=1S/C8H18N2/c1-6(9)7-4-2-3-5-8(7)10/h6-8H,2-5,9-10H2,1H3/t6-,7?,8?/m1/s1. The summed E-state index contributed by atoms with van der Waals surface area (Å²) in [5.74, 6) is 0.578. The maximum absolute atomic E-state index is 5.90. The molecule has 10 heavy (non-hydrogen) atoms. The third kappa shape index (κ3) is 1.70. The van der Waals surface area contributed by atoms with Gasteiger partial charge in [0.15, 0.2) is 0 Å². The third-order valence-electron chi connectivity index (χ3n) is 2.55. The fourth-order valence-electron chi connectivity index (χ4n) is 1.84. The minimum Gasteiger partial charge on any atom is -0.328 e. The normalized spacial score (nSPS) is 37.5. The van der Waals surface area contributed by atoms with Crippen LogP contribution in [0.25, 0.3) is 0 Å². The highest BCUT2D eigenvalue weighted by atomic mass is 14.7. The summed E-state index contributed by atoms with van der Waals surface area (Å²) in [6, 6.07) is 0.657. The topological polar surface area (TPSA) is 52.0 Å². The zero-order valence-electron chi connectivity index (χ0n) is 6.72. The molecular weight excluding hydrogens is 124 g/mol. The lowest BCUT2D eigenvalue weighted by Gasteiger charge is -2.31. The molecule has 0 aromatic heterocycles. The van der Waals surface area contributed by atoms with E-state index in [1.165, 1.54) is 25.7 Å². The summed E-state index contributed by atoms with van der Waals surface area (Å²) in [5, 5.41) is 0. The highest BCUT2D eigenvalue weighted by molar-refractivity contribution is 4.82. The maximum atomic E-state index is 5.90. The van der Waals surface area contributed by atoms with Crippen LogP contribution in [0.1, 0.15) is 32.6 Å². The summed E-state index contributed by atoms with van der Waals surface area (Å²) in [4.78, 5) is 0. The molecule has 0 aromatic carbocycles. The van der Waals surface area contributed by atoms with Crippen LogP contribution < -0.4 is 11.5 Å². The van der Waals surface area contributed by atoms with Gasteiger partial charge in [0.1, 0.15) is 0 Å². The van der Waals surface area contributed by atoms with Gasteiger partial charge in [-0.15, -0.1) is 0 Å². The molecular formula is C8H18N2. The second-order valence-corrected chi connectivity index (χ2v) is 3.47. The molecule has 1 aliphatic carbocycles. The Balaban J connectivity index is 2.40. The van der Waals surface area contributed by atoms with E-state index in [9.17, 15) is 0 Å². The predicted octanol–water partition coefficient (Wildman–Crippen LogP) is 0.851. The van der Waals surface area contributed by atoms with Crippen LogP contribution in [-0.2, 0) is 0 Å². The Morgan fingerprint density at radius 3 is 2.30 bits per heavy atom. The van der Waals surface area contributed by atoms with Gasteiger partial charge in [0.05, 0.1) is 0 Å². The molecule has 1 saturated carbocycles. The van der Waals surface area contributed by atoms with Crippen LogP contribution in [0.15, 0.2) is 0 Å². The van der Waals surface area contributed by atoms with Crippen LogP contribution in [0, 0.1) is 5.92 Å². The van der Waals surface area contributed by atoms with Crippen LogP contribution in [0.5, 0.6) is 0 Å². The first-order valence-corrected chi connectivity index (χ1v) is 4.23. The highest BCUT2D eigenvalue weighted by Crippen LogP contribution is 2.24. The van der Waals surface area contributed by atoms with E-state index in [2.05, 4.69) is 6.92 Å².